The van der Waals surface area contributed by atoms with Gasteiger partial charge in [-0.3, -0.25) is 9.36 Å². The maximum absolute atomic E-state index is 11.8. The van der Waals surface area contributed by atoms with Crippen molar-refractivity contribution in [1.29, 1.82) is 0 Å². The molecule has 0 unspecified atom stereocenters. The summed E-state index contributed by atoms with van der Waals surface area (Å²) >= 11 is 0. The Hall–Kier alpha value is -3.53. The number of hydrogen-bond acceptors (Lipinski definition) is 7. The molecular formula is C23H25N7O2S. The smallest absolute Gasteiger partial charge is 0.161 e. The minimum Gasteiger partial charge on any atom is -0.367 e. The zero-order valence-electron chi connectivity index (χ0n) is 18.7. The first-order chi connectivity index (χ1) is 15.8. The van der Waals surface area contributed by atoms with Gasteiger partial charge in [0.05, 0.1) is 22.7 Å². The lowest BCUT2D eigenvalue weighted by molar-refractivity contribution is 0.434. The quantitative estimate of drug-likeness (QED) is 0.468. The second kappa shape index (κ2) is 8.11. The average Bonchev–Trinajstić information content (AvgIpc) is 3.38. The topological polar surface area (TPSA) is 108 Å². The van der Waals surface area contributed by atoms with E-state index in [1.807, 2.05) is 63.0 Å². The molecule has 0 saturated heterocycles. The third kappa shape index (κ3) is 4.38. The number of sulfone groups is 1. The summed E-state index contributed by atoms with van der Waals surface area (Å²) < 4.78 is 27.1. The molecule has 170 valence electrons. The van der Waals surface area contributed by atoms with Crippen LogP contribution < -0.4 is 5.32 Å². The van der Waals surface area contributed by atoms with Crippen LogP contribution in [0.5, 0.6) is 0 Å². The fourth-order valence-electron chi connectivity index (χ4n) is 4.01. The summed E-state index contributed by atoms with van der Waals surface area (Å²) in [5.41, 5.74) is 4.47. The molecule has 0 aliphatic heterocycles. The Bertz CT molecular complexity index is 1420. The first-order valence-corrected chi connectivity index (χ1v) is 12.6. The molecule has 1 aliphatic rings. The highest BCUT2D eigenvalue weighted by Gasteiger charge is 2.36. The number of aromatic nitrogens is 6. The van der Waals surface area contributed by atoms with Crippen LogP contribution in [0, 0.1) is 0 Å². The zero-order chi connectivity index (χ0) is 23.2. The molecular weight excluding hydrogens is 438 g/mol. The first kappa shape index (κ1) is 21.3. The van der Waals surface area contributed by atoms with Crippen molar-refractivity contribution in [3.05, 3.63) is 55.1 Å². The number of aryl methyl sites for hydroxylation is 2. The number of benzene rings is 1. The summed E-state index contributed by atoms with van der Waals surface area (Å²) in [6.45, 7) is 0. The summed E-state index contributed by atoms with van der Waals surface area (Å²) in [6, 6.07) is 9.97. The molecule has 0 amide bonds. The summed E-state index contributed by atoms with van der Waals surface area (Å²) in [7, 11) is 0.722. The van der Waals surface area contributed by atoms with Gasteiger partial charge in [-0.25, -0.2) is 18.4 Å². The largest absolute Gasteiger partial charge is 0.367 e. The van der Waals surface area contributed by atoms with E-state index in [0.29, 0.717) is 24.5 Å². The van der Waals surface area contributed by atoms with E-state index in [4.69, 9.17) is 4.98 Å². The second-order valence-electron chi connectivity index (χ2n) is 8.58. The van der Waals surface area contributed by atoms with Crippen molar-refractivity contribution in [2.75, 3.05) is 11.6 Å². The lowest BCUT2D eigenvalue weighted by Gasteiger charge is -2.35. The Labute approximate surface area is 192 Å². The molecule has 0 atom stereocenters. The zero-order valence-corrected chi connectivity index (χ0v) is 19.5. The highest BCUT2D eigenvalue weighted by atomic mass is 32.2. The highest BCUT2D eigenvalue weighted by molar-refractivity contribution is 7.91. The lowest BCUT2D eigenvalue weighted by Crippen LogP contribution is -2.43. The predicted molar refractivity (Wildman–Crippen MR) is 127 cm³/mol. The first-order valence-electron chi connectivity index (χ1n) is 10.7. The van der Waals surface area contributed by atoms with Crippen LogP contribution in [0.4, 0.5) is 5.82 Å². The van der Waals surface area contributed by atoms with Crippen molar-refractivity contribution in [2.24, 2.45) is 14.1 Å². The van der Waals surface area contributed by atoms with E-state index >= 15 is 0 Å². The third-order valence-electron chi connectivity index (χ3n) is 5.98. The Morgan fingerprint density at radius 1 is 1.03 bits per heavy atom. The van der Waals surface area contributed by atoms with Gasteiger partial charge in [-0.1, -0.05) is 18.2 Å². The predicted octanol–water partition coefficient (Wildman–Crippen LogP) is 2.93. The lowest BCUT2D eigenvalue weighted by atomic mass is 9.92. The van der Waals surface area contributed by atoms with Crippen molar-refractivity contribution in [3.63, 3.8) is 0 Å². The monoisotopic (exact) mass is 463 g/mol. The van der Waals surface area contributed by atoms with Crippen LogP contribution in [0.25, 0.3) is 33.8 Å². The molecule has 10 heteroatoms. The van der Waals surface area contributed by atoms with E-state index in [-0.39, 0.29) is 11.3 Å². The molecule has 5 rings (SSSR count). The molecule has 3 heterocycles. The molecule has 9 nitrogen and oxygen atoms in total. The maximum atomic E-state index is 11.8. The van der Waals surface area contributed by atoms with Gasteiger partial charge >= 0.3 is 0 Å². The van der Waals surface area contributed by atoms with Gasteiger partial charge < -0.3 is 5.32 Å². The van der Waals surface area contributed by atoms with Gasteiger partial charge in [0.15, 0.2) is 5.82 Å². The minimum absolute atomic E-state index is 0.0386. The van der Waals surface area contributed by atoms with Gasteiger partial charge in [0.1, 0.15) is 15.7 Å². The van der Waals surface area contributed by atoms with E-state index in [2.05, 4.69) is 20.5 Å². The van der Waals surface area contributed by atoms with Crippen LogP contribution >= 0.6 is 0 Å². The van der Waals surface area contributed by atoms with Crippen LogP contribution in [-0.2, 0) is 23.9 Å². The van der Waals surface area contributed by atoms with Gasteiger partial charge in [-0.15, -0.1) is 0 Å². The molecule has 1 saturated carbocycles. The van der Waals surface area contributed by atoms with Crippen LogP contribution in [0.15, 0.2) is 55.1 Å². The molecule has 0 radical (unpaired) electrons. The van der Waals surface area contributed by atoms with Crippen molar-refractivity contribution in [3.8, 4) is 33.8 Å². The maximum Gasteiger partial charge on any atom is 0.161 e. The normalized spacial score (nSPS) is 18.2. The summed E-state index contributed by atoms with van der Waals surface area (Å²) in [5.74, 6) is 1.24. The van der Waals surface area contributed by atoms with E-state index in [9.17, 15) is 8.42 Å². The summed E-state index contributed by atoms with van der Waals surface area (Å²) in [6.07, 6.45) is 9.86. The van der Waals surface area contributed by atoms with Crippen LogP contribution in [-0.4, -0.2) is 55.5 Å². The van der Waals surface area contributed by atoms with E-state index < -0.39 is 9.84 Å². The standard InChI is InChI=1S/C23H25N7O2S/c1-29-8-7-21(28-29)20-13-24-22(27-23(20)26-18-10-19(11-18)33(3,31)32)16-6-4-5-15(9-16)17-12-25-30(2)14-17/h4-9,12-14,18-19H,10-11H2,1-3H3,(H,24,26,27)/t18-,19+. The summed E-state index contributed by atoms with van der Waals surface area (Å²) in [5, 5.41) is 11.9. The molecule has 4 aromatic rings. The average molecular weight is 464 g/mol. The number of rotatable bonds is 6. The molecule has 1 fully saturated rings. The molecule has 33 heavy (non-hydrogen) atoms. The van der Waals surface area contributed by atoms with Crippen molar-refractivity contribution in [2.45, 2.75) is 24.1 Å². The molecule has 0 spiro atoms. The van der Waals surface area contributed by atoms with Gasteiger partial charge in [-0.2, -0.15) is 10.2 Å². The molecule has 1 aliphatic carbocycles. The van der Waals surface area contributed by atoms with E-state index in [0.717, 1.165) is 27.9 Å². The number of hydrogen-bond donors (Lipinski definition) is 1. The SMILES string of the molecule is Cn1cc(-c2cccc(-c3ncc(-c4ccn(C)n4)c(N[C@H]4C[C@@H](S(C)(=O)=O)C4)n3)c2)cn1. The van der Waals surface area contributed by atoms with Crippen LogP contribution in [0.2, 0.25) is 0 Å². The number of nitrogens with one attached hydrogen (secondary N) is 1. The van der Waals surface area contributed by atoms with Gasteiger partial charge in [0, 0.05) is 56.1 Å². The molecule has 1 aromatic carbocycles. The Morgan fingerprint density at radius 3 is 2.48 bits per heavy atom. The number of anilines is 1. The summed E-state index contributed by atoms with van der Waals surface area (Å²) in [4.78, 5) is 9.46. The van der Waals surface area contributed by atoms with Crippen molar-refractivity contribution < 1.29 is 8.42 Å². The Morgan fingerprint density at radius 2 is 1.82 bits per heavy atom. The third-order valence-corrected chi connectivity index (χ3v) is 7.57. The Kier molecular flexibility index (Phi) is 5.24. The van der Waals surface area contributed by atoms with Crippen molar-refractivity contribution >= 4 is 15.7 Å². The fraction of sp³-hybridized carbons (Fsp3) is 0.304. The minimum atomic E-state index is -3.03. The van der Waals surface area contributed by atoms with Gasteiger partial charge in [0.2, 0.25) is 0 Å². The van der Waals surface area contributed by atoms with Gasteiger partial charge in [0.25, 0.3) is 0 Å². The second-order valence-corrected chi connectivity index (χ2v) is 10.9. The fourth-order valence-corrected chi connectivity index (χ4v) is 5.18. The molecule has 3 aromatic heterocycles. The van der Waals surface area contributed by atoms with Crippen molar-refractivity contribution in [1.82, 2.24) is 29.5 Å². The van der Waals surface area contributed by atoms with E-state index in [1.165, 1.54) is 6.26 Å². The molecule has 0 bridgehead atoms. The Balaban J connectivity index is 1.49. The highest BCUT2D eigenvalue weighted by Crippen LogP contribution is 2.33. The number of nitrogens with zero attached hydrogens (tertiary/aromatic N) is 6. The van der Waals surface area contributed by atoms with Crippen LogP contribution in [0.1, 0.15) is 12.8 Å². The molecule has 1 N–H and O–H groups in total. The van der Waals surface area contributed by atoms with Gasteiger partial charge in [-0.05, 0) is 30.5 Å². The van der Waals surface area contributed by atoms with Crippen LogP contribution in [0.3, 0.4) is 0 Å². The van der Waals surface area contributed by atoms with E-state index in [1.54, 1.807) is 15.6 Å².